The fourth-order valence-electron chi connectivity index (χ4n) is 3.40. The number of fused-ring (bicyclic) bond motifs is 1. The molecule has 6 nitrogen and oxygen atoms in total. The molecular formula is C24H22ClN3O3S2. The highest BCUT2D eigenvalue weighted by molar-refractivity contribution is 7.92. The van der Waals surface area contributed by atoms with Crippen molar-refractivity contribution in [1.82, 2.24) is 4.57 Å². The number of thiazole rings is 1. The van der Waals surface area contributed by atoms with Gasteiger partial charge in [0.2, 0.25) is 0 Å². The Morgan fingerprint density at radius 3 is 2.55 bits per heavy atom. The monoisotopic (exact) mass is 499 g/mol. The maximum atomic E-state index is 13.2. The molecule has 3 aromatic carbocycles. The van der Waals surface area contributed by atoms with E-state index in [1.807, 2.05) is 36.6 Å². The zero-order valence-corrected chi connectivity index (χ0v) is 20.5. The molecule has 0 atom stereocenters. The van der Waals surface area contributed by atoms with Crippen LogP contribution in [-0.2, 0) is 16.6 Å². The van der Waals surface area contributed by atoms with Gasteiger partial charge in [0.15, 0.2) is 4.80 Å². The van der Waals surface area contributed by atoms with Crippen LogP contribution < -0.4 is 9.52 Å². The minimum atomic E-state index is -3.86. The number of benzene rings is 3. The molecule has 0 radical (unpaired) electrons. The minimum Gasteiger partial charge on any atom is -0.316 e. The van der Waals surface area contributed by atoms with Crippen LogP contribution in [-0.4, -0.2) is 18.9 Å². The quantitative estimate of drug-likeness (QED) is 0.374. The molecule has 0 unspecified atom stereocenters. The molecule has 4 rings (SSSR count). The van der Waals surface area contributed by atoms with Gasteiger partial charge in [-0.05, 0) is 55.8 Å². The van der Waals surface area contributed by atoms with Gasteiger partial charge in [-0.25, -0.2) is 8.42 Å². The largest absolute Gasteiger partial charge is 0.316 e. The molecule has 0 saturated carbocycles. The third kappa shape index (κ3) is 5.03. The zero-order valence-electron chi connectivity index (χ0n) is 18.1. The maximum Gasteiger partial charge on any atom is 0.281 e. The van der Waals surface area contributed by atoms with E-state index in [2.05, 4.69) is 9.71 Å². The van der Waals surface area contributed by atoms with Crippen LogP contribution in [0.15, 0.2) is 76.6 Å². The highest BCUT2D eigenvalue weighted by Crippen LogP contribution is 2.24. The van der Waals surface area contributed by atoms with Gasteiger partial charge in [0.1, 0.15) is 0 Å². The molecule has 1 N–H and O–H groups in total. The lowest BCUT2D eigenvalue weighted by Gasteiger charge is -2.11. The second-order valence-electron chi connectivity index (χ2n) is 7.53. The Morgan fingerprint density at radius 1 is 1.09 bits per heavy atom. The Labute approximate surface area is 201 Å². The summed E-state index contributed by atoms with van der Waals surface area (Å²) in [6.07, 6.45) is 0.864. The fraction of sp³-hybridized carbons (Fsp3) is 0.167. The number of hydrogen-bond acceptors (Lipinski definition) is 4. The number of nitrogens with one attached hydrogen (secondary N) is 1. The molecule has 1 heterocycles. The minimum absolute atomic E-state index is 0.120. The lowest BCUT2D eigenvalue weighted by Crippen LogP contribution is -2.18. The Bertz CT molecular complexity index is 1500. The number of amides is 1. The second-order valence-corrected chi connectivity index (χ2v) is 10.7. The first kappa shape index (κ1) is 23.2. The first-order chi connectivity index (χ1) is 15.8. The number of aryl methyl sites for hydroxylation is 2. The summed E-state index contributed by atoms with van der Waals surface area (Å²) in [6, 6.07) is 18.5. The summed E-state index contributed by atoms with van der Waals surface area (Å²) < 4.78 is 31.2. The van der Waals surface area contributed by atoms with Crippen molar-refractivity contribution >= 4 is 54.8 Å². The highest BCUT2D eigenvalue weighted by atomic mass is 35.5. The lowest BCUT2D eigenvalue weighted by atomic mass is 10.2. The van der Waals surface area contributed by atoms with Crippen molar-refractivity contribution in [3.8, 4) is 0 Å². The Morgan fingerprint density at radius 2 is 1.82 bits per heavy atom. The van der Waals surface area contributed by atoms with Crippen LogP contribution in [0.5, 0.6) is 0 Å². The van der Waals surface area contributed by atoms with Gasteiger partial charge in [0.05, 0.1) is 26.4 Å². The average Bonchev–Trinajstić information content (AvgIpc) is 3.10. The highest BCUT2D eigenvalue weighted by Gasteiger charge is 2.19. The average molecular weight is 500 g/mol. The van der Waals surface area contributed by atoms with Crippen LogP contribution in [0.3, 0.4) is 0 Å². The molecule has 9 heteroatoms. The van der Waals surface area contributed by atoms with Gasteiger partial charge in [-0.3, -0.25) is 9.52 Å². The van der Waals surface area contributed by atoms with E-state index in [4.69, 9.17) is 11.6 Å². The number of rotatable bonds is 6. The molecule has 170 valence electrons. The predicted octanol–water partition coefficient (Wildman–Crippen LogP) is 5.62. The van der Waals surface area contributed by atoms with Crippen molar-refractivity contribution in [3.63, 3.8) is 0 Å². The number of carbonyl (C=O) groups is 1. The van der Waals surface area contributed by atoms with Crippen molar-refractivity contribution in [3.05, 3.63) is 87.7 Å². The summed E-state index contributed by atoms with van der Waals surface area (Å²) in [5.74, 6) is -0.528. The standard InChI is InChI=1S/C24H22ClN3O3S2/c1-3-14-28-21-13-10-17(25)15-22(21)32-24(28)26-23(29)19-6-4-5-7-20(19)27-33(30,31)18-11-8-16(2)9-12-18/h4-13,15,27H,3,14H2,1-2H3. The molecule has 0 saturated heterocycles. The molecule has 1 amide bonds. The van der Waals surface area contributed by atoms with Gasteiger partial charge >= 0.3 is 0 Å². The number of para-hydroxylation sites is 1. The molecule has 0 spiro atoms. The first-order valence-corrected chi connectivity index (χ1v) is 13.0. The normalized spacial score (nSPS) is 12.3. The van der Waals surface area contributed by atoms with Gasteiger partial charge in [-0.15, -0.1) is 0 Å². The number of anilines is 1. The third-order valence-electron chi connectivity index (χ3n) is 5.02. The fourth-order valence-corrected chi connectivity index (χ4v) is 5.81. The molecule has 0 fully saturated rings. The predicted molar refractivity (Wildman–Crippen MR) is 133 cm³/mol. The number of halogens is 1. The van der Waals surface area contributed by atoms with Crippen LogP contribution in [0, 0.1) is 6.92 Å². The van der Waals surface area contributed by atoms with E-state index in [0.29, 0.717) is 16.4 Å². The molecule has 0 aliphatic rings. The molecule has 33 heavy (non-hydrogen) atoms. The van der Waals surface area contributed by atoms with Crippen molar-refractivity contribution in [2.24, 2.45) is 4.99 Å². The molecular weight excluding hydrogens is 478 g/mol. The molecule has 4 aromatic rings. The van der Waals surface area contributed by atoms with Crippen molar-refractivity contribution < 1.29 is 13.2 Å². The van der Waals surface area contributed by atoms with Crippen molar-refractivity contribution in [1.29, 1.82) is 0 Å². The van der Waals surface area contributed by atoms with E-state index in [0.717, 1.165) is 22.2 Å². The van der Waals surface area contributed by atoms with Gasteiger partial charge < -0.3 is 4.57 Å². The van der Waals surface area contributed by atoms with Crippen LogP contribution in [0.4, 0.5) is 5.69 Å². The van der Waals surface area contributed by atoms with E-state index >= 15 is 0 Å². The molecule has 0 aliphatic carbocycles. The van der Waals surface area contributed by atoms with Gasteiger partial charge in [0, 0.05) is 11.6 Å². The number of nitrogens with zero attached hydrogens (tertiary/aromatic N) is 2. The maximum absolute atomic E-state index is 13.2. The number of hydrogen-bond donors (Lipinski definition) is 1. The van der Waals surface area contributed by atoms with Gasteiger partial charge in [0.25, 0.3) is 15.9 Å². The molecule has 0 bridgehead atoms. The first-order valence-electron chi connectivity index (χ1n) is 10.3. The van der Waals surface area contributed by atoms with Crippen molar-refractivity contribution in [2.45, 2.75) is 31.7 Å². The third-order valence-corrected chi connectivity index (χ3v) is 7.68. The van der Waals surface area contributed by atoms with Crippen LogP contribution in [0.2, 0.25) is 5.02 Å². The van der Waals surface area contributed by atoms with Gasteiger partial charge in [-0.1, -0.05) is 59.7 Å². The molecule has 0 aliphatic heterocycles. The summed E-state index contributed by atoms with van der Waals surface area (Å²) in [5, 5.41) is 0.612. The topological polar surface area (TPSA) is 80.5 Å². The summed E-state index contributed by atoms with van der Waals surface area (Å²) in [7, 11) is -3.86. The van der Waals surface area contributed by atoms with E-state index in [1.54, 1.807) is 36.4 Å². The number of carbonyl (C=O) groups excluding carboxylic acids is 1. The number of aromatic nitrogens is 1. The Balaban J connectivity index is 1.74. The summed E-state index contributed by atoms with van der Waals surface area (Å²) in [4.78, 5) is 18.2. The summed E-state index contributed by atoms with van der Waals surface area (Å²) in [5.41, 5.74) is 2.25. The Hall–Kier alpha value is -2.94. The van der Waals surface area contributed by atoms with Crippen LogP contribution in [0.25, 0.3) is 10.2 Å². The van der Waals surface area contributed by atoms with E-state index in [9.17, 15) is 13.2 Å². The van der Waals surface area contributed by atoms with Gasteiger partial charge in [-0.2, -0.15) is 4.99 Å². The SMILES string of the molecule is CCCn1c(=NC(=O)c2ccccc2NS(=O)(=O)c2ccc(C)cc2)sc2cc(Cl)ccc21. The summed E-state index contributed by atoms with van der Waals surface area (Å²) >= 11 is 7.51. The number of sulfonamides is 1. The zero-order chi connectivity index (χ0) is 23.6. The van der Waals surface area contributed by atoms with E-state index in [1.165, 1.54) is 23.5 Å². The second kappa shape index (κ2) is 9.51. The summed E-state index contributed by atoms with van der Waals surface area (Å²) in [6.45, 7) is 4.62. The van der Waals surface area contributed by atoms with E-state index in [-0.39, 0.29) is 16.1 Å². The van der Waals surface area contributed by atoms with Crippen LogP contribution >= 0.6 is 22.9 Å². The lowest BCUT2D eigenvalue weighted by molar-refractivity contribution is 0.0998. The Kier molecular flexibility index (Phi) is 6.69. The van der Waals surface area contributed by atoms with E-state index < -0.39 is 15.9 Å². The smallest absolute Gasteiger partial charge is 0.281 e. The van der Waals surface area contributed by atoms with Crippen molar-refractivity contribution in [2.75, 3.05) is 4.72 Å². The van der Waals surface area contributed by atoms with Crippen LogP contribution in [0.1, 0.15) is 29.3 Å². The molecule has 1 aromatic heterocycles.